The average Bonchev–Trinajstić information content (AvgIpc) is 2.98. The van der Waals surface area contributed by atoms with Crippen molar-refractivity contribution in [2.45, 2.75) is 38.0 Å². The Morgan fingerprint density at radius 3 is 2.84 bits per heavy atom. The summed E-state index contributed by atoms with van der Waals surface area (Å²) in [4.78, 5) is 12.3. The lowest BCUT2D eigenvalue weighted by molar-refractivity contribution is 0.0906. The van der Waals surface area contributed by atoms with Crippen LogP contribution in [0.3, 0.4) is 0 Å². The number of aliphatic hydroxyl groups is 1. The van der Waals surface area contributed by atoms with Crippen molar-refractivity contribution in [3.63, 3.8) is 0 Å². The Balaban J connectivity index is 1.60. The van der Waals surface area contributed by atoms with Crippen LogP contribution in [0.2, 0.25) is 5.02 Å². The third kappa shape index (κ3) is 3.84. The maximum Gasteiger partial charge on any atom is 0.253 e. The van der Waals surface area contributed by atoms with E-state index in [9.17, 15) is 9.90 Å². The minimum atomic E-state index is -0.161. The van der Waals surface area contributed by atoms with Crippen LogP contribution in [0.25, 0.3) is 0 Å². The van der Waals surface area contributed by atoms with Gasteiger partial charge >= 0.3 is 0 Å². The van der Waals surface area contributed by atoms with Crippen LogP contribution in [0.1, 0.15) is 40.8 Å². The molecule has 1 aliphatic carbocycles. The first-order valence-corrected chi connectivity index (χ1v) is 8.59. The van der Waals surface area contributed by atoms with E-state index in [-0.39, 0.29) is 24.5 Å². The lowest BCUT2D eigenvalue weighted by atomic mass is 9.79. The molecule has 0 spiro atoms. The van der Waals surface area contributed by atoms with E-state index < -0.39 is 0 Å². The molecule has 0 unspecified atom stereocenters. The second kappa shape index (κ2) is 7.95. The molecule has 0 atom stereocenters. The number of aromatic nitrogens is 3. The van der Waals surface area contributed by atoms with Gasteiger partial charge in [0.25, 0.3) is 5.91 Å². The van der Waals surface area contributed by atoms with Gasteiger partial charge in [-0.3, -0.25) is 4.79 Å². The van der Waals surface area contributed by atoms with Crippen molar-refractivity contribution in [2.24, 2.45) is 0 Å². The fourth-order valence-corrected chi connectivity index (χ4v) is 3.27. The minimum absolute atomic E-state index is 0.0823. The molecule has 1 heterocycles. The van der Waals surface area contributed by atoms with Gasteiger partial charge in [-0.1, -0.05) is 23.7 Å². The molecular weight excluding hydrogens is 344 g/mol. The molecule has 0 radical (unpaired) electrons. The van der Waals surface area contributed by atoms with Gasteiger partial charge in [0, 0.05) is 25.6 Å². The summed E-state index contributed by atoms with van der Waals surface area (Å²) in [6, 6.07) is 7.08. The highest BCUT2D eigenvalue weighted by Gasteiger charge is 2.35. The Labute approximate surface area is 151 Å². The summed E-state index contributed by atoms with van der Waals surface area (Å²) >= 11 is 6.06. The van der Waals surface area contributed by atoms with Crippen molar-refractivity contribution < 1.29 is 14.6 Å². The number of rotatable bonds is 7. The summed E-state index contributed by atoms with van der Waals surface area (Å²) in [6.45, 7) is 0.968. The summed E-state index contributed by atoms with van der Waals surface area (Å²) in [7, 11) is 1.63. The number of aliphatic hydroxyl groups excluding tert-OH is 1. The predicted octanol–water partition coefficient (Wildman–Crippen LogP) is 1.75. The summed E-state index contributed by atoms with van der Waals surface area (Å²) in [5.74, 6) is 1.42. The predicted molar refractivity (Wildman–Crippen MR) is 92.5 cm³/mol. The molecule has 7 nitrogen and oxygen atoms in total. The van der Waals surface area contributed by atoms with Gasteiger partial charge in [0.2, 0.25) is 0 Å². The van der Waals surface area contributed by atoms with Gasteiger partial charge in [0.1, 0.15) is 12.4 Å². The molecule has 1 fully saturated rings. The Bertz CT molecular complexity index is 743. The van der Waals surface area contributed by atoms with Gasteiger partial charge in [-0.05, 0) is 25.0 Å². The molecule has 0 saturated heterocycles. The van der Waals surface area contributed by atoms with Gasteiger partial charge in [-0.15, -0.1) is 10.2 Å². The molecular formula is C17H21ClN4O3. The fraction of sp³-hybridized carbons (Fsp3) is 0.471. The first-order valence-electron chi connectivity index (χ1n) is 8.21. The van der Waals surface area contributed by atoms with Crippen molar-refractivity contribution in [3.8, 4) is 0 Å². The number of halogens is 1. The molecule has 0 aliphatic heterocycles. The number of amides is 1. The Morgan fingerprint density at radius 1 is 1.40 bits per heavy atom. The van der Waals surface area contributed by atoms with Gasteiger partial charge in [0.15, 0.2) is 5.82 Å². The van der Waals surface area contributed by atoms with Crippen molar-refractivity contribution in [2.75, 3.05) is 13.7 Å². The minimum Gasteiger partial charge on any atom is -0.388 e. The summed E-state index contributed by atoms with van der Waals surface area (Å²) in [5, 5.41) is 21.1. The summed E-state index contributed by atoms with van der Waals surface area (Å²) in [5.41, 5.74) is 0.485. The number of carbonyl (C=O) groups is 1. The number of hydrogen-bond donors (Lipinski definition) is 2. The van der Waals surface area contributed by atoms with Crippen LogP contribution in [-0.2, 0) is 17.9 Å². The fourth-order valence-electron chi connectivity index (χ4n) is 3.05. The molecule has 1 aliphatic rings. The smallest absolute Gasteiger partial charge is 0.253 e. The van der Waals surface area contributed by atoms with Crippen molar-refractivity contribution in [1.29, 1.82) is 0 Å². The van der Waals surface area contributed by atoms with Crippen LogP contribution in [0, 0.1) is 0 Å². The van der Waals surface area contributed by atoms with Crippen molar-refractivity contribution in [3.05, 3.63) is 46.5 Å². The second-order valence-electron chi connectivity index (χ2n) is 6.10. The summed E-state index contributed by atoms with van der Waals surface area (Å²) < 4.78 is 7.01. The van der Waals surface area contributed by atoms with E-state index >= 15 is 0 Å². The van der Waals surface area contributed by atoms with Gasteiger partial charge < -0.3 is 19.7 Å². The van der Waals surface area contributed by atoms with E-state index in [1.165, 1.54) is 0 Å². The lowest BCUT2D eigenvalue weighted by Crippen LogP contribution is -2.44. The van der Waals surface area contributed by atoms with Crippen LogP contribution in [0.15, 0.2) is 24.3 Å². The first-order chi connectivity index (χ1) is 12.1. The third-order valence-corrected chi connectivity index (χ3v) is 4.80. The van der Waals surface area contributed by atoms with Crippen LogP contribution in [0.4, 0.5) is 0 Å². The second-order valence-corrected chi connectivity index (χ2v) is 6.50. The highest BCUT2D eigenvalue weighted by atomic mass is 35.5. The van der Waals surface area contributed by atoms with Gasteiger partial charge in [0.05, 0.1) is 17.2 Å². The number of nitrogens with one attached hydrogen (secondary N) is 1. The molecule has 2 aromatic rings. The molecule has 25 heavy (non-hydrogen) atoms. The molecule has 1 amide bonds. The molecule has 3 rings (SSSR count). The zero-order valence-electron chi connectivity index (χ0n) is 14.0. The molecule has 0 bridgehead atoms. The quantitative estimate of drug-likeness (QED) is 0.781. The Kier molecular flexibility index (Phi) is 5.67. The van der Waals surface area contributed by atoms with Crippen LogP contribution in [-0.4, -0.2) is 45.5 Å². The summed E-state index contributed by atoms with van der Waals surface area (Å²) in [6.07, 6.45) is 1.57. The van der Waals surface area contributed by atoms with Crippen molar-refractivity contribution in [1.82, 2.24) is 20.1 Å². The van der Waals surface area contributed by atoms with Crippen LogP contribution >= 0.6 is 11.6 Å². The Hall–Kier alpha value is -1.96. The first kappa shape index (κ1) is 17.8. The normalized spacial score (nSPS) is 19.5. The lowest BCUT2D eigenvalue weighted by Gasteiger charge is -2.35. The van der Waals surface area contributed by atoms with E-state index in [0.717, 1.165) is 18.7 Å². The SMILES string of the molecule is COCCn1c(CO)nnc1C1CC(NC(=O)c2ccccc2Cl)C1. The van der Waals surface area contributed by atoms with Crippen LogP contribution in [0.5, 0.6) is 0 Å². The van der Waals surface area contributed by atoms with Gasteiger partial charge in [-0.25, -0.2) is 0 Å². The number of methoxy groups -OCH3 is 1. The number of carbonyl (C=O) groups excluding carboxylic acids is 1. The highest BCUT2D eigenvalue weighted by Crippen LogP contribution is 2.36. The van der Waals surface area contributed by atoms with E-state index in [2.05, 4.69) is 15.5 Å². The number of nitrogens with zero attached hydrogens (tertiary/aromatic N) is 3. The van der Waals surface area contributed by atoms with E-state index in [0.29, 0.717) is 29.6 Å². The molecule has 1 aromatic heterocycles. The maximum absolute atomic E-state index is 12.3. The van der Waals surface area contributed by atoms with Crippen molar-refractivity contribution >= 4 is 17.5 Å². The molecule has 1 aromatic carbocycles. The monoisotopic (exact) mass is 364 g/mol. The maximum atomic E-state index is 12.3. The van der Waals surface area contributed by atoms with E-state index in [1.54, 1.807) is 31.4 Å². The standard InChI is InChI=1S/C17H21ClN4O3/c1-25-7-6-22-15(10-23)20-21-16(22)11-8-12(9-11)19-17(24)13-4-2-3-5-14(13)18/h2-5,11-12,23H,6-10H2,1H3,(H,19,24). The highest BCUT2D eigenvalue weighted by molar-refractivity contribution is 6.33. The molecule has 1 saturated carbocycles. The topological polar surface area (TPSA) is 89.3 Å². The average molecular weight is 365 g/mol. The van der Waals surface area contributed by atoms with Crippen LogP contribution < -0.4 is 5.32 Å². The number of hydrogen-bond acceptors (Lipinski definition) is 5. The van der Waals surface area contributed by atoms with E-state index in [4.69, 9.17) is 16.3 Å². The molecule has 134 valence electrons. The molecule has 2 N–H and O–H groups in total. The van der Waals surface area contributed by atoms with Gasteiger partial charge in [-0.2, -0.15) is 0 Å². The largest absolute Gasteiger partial charge is 0.388 e. The third-order valence-electron chi connectivity index (χ3n) is 4.47. The number of benzene rings is 1. The Morgan fingerprint density at radius 2 is 2.16 bits per heavy atom. The zero-order chi connectivity index (χ0) is 17.8. The van der Waals surface area contributed by atoms with E-state index in [1.807, 2.05) is 4.57 Å². The zero-order valence-corrected chi connectivity index (χ0v) is 14.7. The molecule has 8 heteroatoms. The number of ether oxygens (including phenoxy) is 1.